The fourth-order valence-electron chi connectivity index (χ4n) is 1.96. The molecule has 16 heavy (non-hydrogen) atoms. The molecule has 86 valence electrons. The van der Waals surface area contributed by atoms with E-state index in [4.69, 9.17) is 5.11 Å². The minimum Gasteiger partial charge on any atom is -0.480 e. The minimum absolute atomic E-state index is 0.0733. The number of aliphatic carboxylic acids is 1. The largest absolute Gasteiger partial charge is 0.480 e. The molecule has 1 aromatic rings. The van der Waals surface area contributed by atoms with Crippen LogP contribution in [-0.2, 0) is 4.79 Å². The third-order valence-corrected chi connectivity index (χ3v) is 4.22. The lowest BCUT2D eigenvalue weighted by Gasteiger charge is -2.13. The van der Waals surface area contributed by atoms with Gasteiger partial charge >= 0.3 is 5.97 Å². The van der Waals surface area contributed by atoms with Crippen LogP contribution in [0, 0.1) is 0 Å². The van der Waals surface area contributed by atoms with Crippen molar-refractivity contribution in [3.05, 3.63) is 18.2 Å². The Morgan fingerprint density at radius 1 is 1.62 bits per heavy atom. The van der Waals surface area contributed by atoms with E-state index in [0.717, 1.165) is 5.69 Å². The third kappa shape index (κ3) is 1.72. The van der Waals surface area contributed by atoms with E-state index >= 15 is 0 Å². The zero-order valence-electron chi connectivity index (χ0n) is 8.67. The second-order valence-electron chi connectivity index (χ2n) is 4.23. The molecule has 2 aliphatic rings. The number of imidazole rings is 1. The Balaban J connectivity index is 1.77. The van der Waals surface area contributed by atoms with E-state index in [2.05, 4.69) is 14.9 Å². The van der Waals surface area contributed by atoms with Gasteiger partial charge in [0.2, 0.25) is 0 Å². The summed E-state index contributed by atoms with van der Waals surface area (Å²) in [7, 11) is 0. The average Bonchev–Trinajstić information content (AvgIpc) is 2.83. The maximum absolute atomic E-state index is 10.8. The van der Waals surface area contributed by atoms with Gasteiger partial charge in [0.1, 0.15) is 6.04 Å². The molecule has 1 aromatic heterocycles. The zero-order valence-corrected chi connectivity index (χ0v) is 9.48. The van der Waals surface area contributed by atoms with Gasteiger partial charge in [-0.1, -0.05) is 0 Å². The molecule has 2 fully saturated rings. The molecule has 0 aromatic carbocycles. The van der Waals surface area contributed by atoms with Crippen LogP contribution < -0.4 is 5.32 Å². The first-order valence-electron chi connectivity index (χ1n) is 5.38. The highest BCUT2D eigenvalue weighted by molar-refractivity contribution is 7.99. The van der Waals surface area contributed by atoms with E-state index in [1.165, 1.54) is 12.8 Å². The number of aromatic nitrogens is 2. The third-order valence-electron chi connectivity index (χ3n) is 2.99. The number of rotatable bonds is 3. The minimum atomic E-state index is -0.771. The summed E-state index contributed by atoms with van der Waals surface area (Å²) in [6.45, 7) is 0. The van der Waals surface area contributed by atoms with Crippen LogP contribution in [0.2, 0.25) is 0 Å². The van der Waals surface area contributed by atoms with Crippen molar-refractivity contribution >= 4 is 17.7 Å². The molecule has 2 heterocycles. The molecule has 1 saturated heterocycles. The highest BCUT2D eigenvalue weighted by Gasteiger charge is 2.34. The number of thioether (sulfide) groups is 1. The summed E-state index contributed by atoms with van der Waals surface area (Å²) >= 11 is 1.64. The van der Waals surface area contributed by atoms with Crippen molar-refractivity contribution in [3.8, 4) is 0 Å². The van der Waals surface area contributed by atoms with Crippen molar-refractivity contribution in [3.63, 3.8) is 0 Å². The Morgan fingerprint density at radius 3 is 3.06 bits per heavy atom. The van der Waals surface area contributed by atoms with E-state index in [1.54, 1.807) is 11.8 Å². The van der Waals surface area contributed by atoms with E-state index in [0.29, 0.717) is 11.8 Å². The standard InChI is InChI=1S/C10H13N3O2S/c14-10(15)7-4-16-9(12-7)8-3-11-5-13(8)6-1-2-6/h3,5-7,9,12H,1-2,4H2,(H,14,15)/t7-,9?/m0/s1. The molecule has 0 amide bonds. The summed E-state index contributed by atoms with van der Waals surface area (Å²) < 4.78 is 2.18. The Morgan fingerprint density at radius 2 is 2.44 bits per heavy atom. The summed E-state index contributed by atoms with van der Waals surface area (Å²) in [4.78, 5) is 15.0. The van der Waals surface area contributed by atoms with E-state index < -0.39 is 12.0 Å². The van der Waals surface area contributed by atoms with Crippen LogP contribution in [0.3, 0.4) is 0 Å². The van der Waals surface area contributed by atoms with Crippen molar-refractivity contribution in [1.82, 2.24) is 14.9 Å². The van der Waals surface area contributed by atoms with Crippen molar-refractivity contribution in [1.29, 1.82) is 0 Å². The molecule has 0 radical (unpaired) electrons. The van der Waals surface area contributed by atoms with Crippen LogP contribution >= 0.6 is 11.8 Å². The number of nitrogens with one attached hydrogen (secondary N) is 1. The molecule has 1 aliphatic carbocycles. The van der Waals surface area contributed by atoms with Gasteiger partial charge in [0.05, 0.1) is 23.6 Å². The maximum Gasteiger partial charge on any atom is 0.321 e. The summed E-state index contributed by atoms with van der Waals surface area (Å²) in [5, 5.41) is 12.1. The number of hydrogen-bond acceptors (Lipinski definition) is 4. The first-order chi connectivity index (χ1) is 7.75. The van der Waals surface area contributed by atoms with Crippen LogP contribution in [-0.4, -0.2) is 32.4 Å². The molecular weight excluding hydrogens is 226 g/mol. The van der Waals surface area contributed by atoms with Crippen LogP contribution in [0.5, 0.6) is 0 Å². The highest BCUT2D eigenvalue weighted by atomic mass is 32.2. The molecule has 0 bridgehead atoms. The van der Waals surface area contributed by atoms with E-state index in [-0.39, 0.29) is 5.37 Å². The van der Waals surface area contributed by atoms with Crippen LogP contribution in [0.4, 0.5) is 0 Å². The summed E-state index contributed by atoms with van der Waals surface area (Å²) in [5.74, 6) is -0.150. The van der Waals surface area contributed by atoms with Gasteiger partial charge in [0.25, 0.3) is 0 Å². The second-order valence-corrected chi connectivity index (χ2v) is 5.37. The lowest BCUT2D eigenvalue weighted by molar-refractivity contribution is -0.138. The van der Waals surface area contributed by atoms with Crippen LogP contribution in [0.25, 0.3) is 0 Å². The number of carbonyl (C=O) groups is 1. The van der Waals surface area contributed by atoms with Crippen molar-refractivity contribution in [2.45, 2.75) is 30.3 Å². The molecule has 6 heteroatoms. The van der Waals surface area contributed by atoms with Gasteiger partial charge in [0, 0.05) is 11.8 Å². The quantitative estimate of drug-likeness (QED) is 0.824. The predicted octanol–water partition coefficient (Wildman–Crippen LogP) is 1.01. The van der Waals surface area contributed by atoms with Gasteiger partial charge in [0.15, 0.2) is 0 Å². The Bertz CT molecular complexity index is 416. The lowest BCUT2D eigenvalue weighted by atomic mass is 10.3. The van der Waals surface area contributed by atoms with Crippen LogP contribution in [0.15, 0.2) is 12.5 Å². The fourth-order valence-corrected chi connectivity index (χ4v) is 3.20. The fraction of sp³-hybridized carbons (Fsp3) is 0.600. The van der Waals surface area contributed by atoms with Crippen molar-refractivity contribution < 1.29 is 9.90 Å². The number of nitrogens with zero attached hydrogens (tertiary/aromatic N) is 2. The van der Waals surface area contributed by atoms with Gasteiger partial charge < -0.3 is 9.67 Å². The molecule has 3 rings (SSSR count). The van der Waals surface area contributed by atoms with E-state index in [1.807, 2.05) is 12.5 Å². The number of hydrogen-bond donors (Lipinski definition) is 2. The van der Waals surface area contributed by atoms with Gasteiger partial charge in [-0.25, -0.2) is 4.98 Å². The highest BCUT2D eigenvalue weighted by Crippen LogP contribution is 2.40. The summed E-state index contributed by atoms with van der Waals surface area (Å²) in [6, 6.07) is 0.154. The maximum atomic E-state index is 10.8. The molecule has 2 N–H and O–H groups in total. The van der Waals surface area contributed by atoms with Gasteiger partial charge in [-0.2, -0.15) is 0 Å². The average molecular weight is 239 g/mol. The number of carboxylic acids is 1. The monoisotopic (exact) mass is 239 g/mol. The first kappa shape index (κ1) is 10.2. The Kier molecular flexibility index (Phi) is 2.40. The first-order valence-corrected chi connectivity index (χ1v) is 6.43. The number of carboxylic acid groups (broad SMARTS) is 1. The molecular formula is C10H13N3O2S. The molecule has 1 unspecified atom stereocenters. The molecule has 1 aliphatic heterocycles. The molecule has 5 nitrogen and oxygen atoms in total. The normalized spacial score (nSPS) is 29.5. The summed E-state index contributed by atoms with van der Waals surface area (Å²) in [6.07, 6.45) is 6.11. The van der Waals surface area contributed by atoms with E-state index in [9.17, 15) is 4.79 Å². The van der Waals surface area contributed by atoms with Gasteiger partial charge in [-0.05, 0) is 12.8 Å². The van der Waals surface area contributed by atoms with Crippen molar-refractivity contribution in [2.24, 2.45) is 0 Å². The molecule has 0 spiro atoms. The van der Waals surface area contributed by atoms with Crippen molar-refractivity contribution in [2.75, 3.05) is 5.75 Å². The molecule has 1 saturated carbocycles. The van der Waals surface area contributed by atoms with Gasteiger partial charge in [-0.15, -0.1) is 11.8 Å². The second kappa shape index (κ2) is 3.78. The smallest absolute Gasteiger partial charge is 0.321 e. The van der Waals surface area contributed by atoms with Crippen LogP contribution in [0.1, 0.15) is 30.0 Å². The predicted molar refractivity (Wildman–Crippen MR) is 60.3 cm³/mol. The SMILES string of the molecule is O=C(O)[C@@H]1CSC(c2cncn2C2CC2)N1. The molecule has 2 atom stereocenters. The Labute approximate surface area is 97.2 Å². The zero-order chi connectivity index (χ0) is 11.1. The Hall–Kier alpha value is -1.01. The topological polar surface area (TPSA) is 67.1 Å². The van der Waals surface area contributed by atoms with Gasteiger partial charge in [-0.3, -0.25) is 10.1 Å². The summed E-state index contributed by atoms with van der Waals surface area (Å²) in [5.41, 5.74) is 1.11. The lowest BCUT2D eigenvalue weighted by Crippen LogP contribution is -2.34.